The van der Waals surface area contributed by atoms with E-state index >= 15 is 0 Å². The second kappa shape index (κ2) is 6.92. The molecule has 2 heterocycles. The first-order valence-corrected chi connectivity index (χ1v) is 8.82. The lowest BCUT2D eigenvalue weighted by Crippen LogP contribution is -2.33. The predicted molar refractivity (Wildman–Crippen MR) is 100 cm³/mol. The van der Waals surface area contributed by atoms with Crippen LogP contribution in [0.25, 0.3) is 11.0 Å². The highest BCUT2D eigenvalue weighted by molar-refractivity contribution is 6.02. The number of Topliss-reactive ketones (excluding diaryl/α,β-unsaturated/α-hetero) is 1. The molecule has 7 nitrogen and oxygen atoms in total. The molecule has 2 aromatic heterocycles. The molecule has 0 aliphatic heterocycles. The van der Waals surface area contributed by atoms with E-state index in [1.54, 1.807) is 0 Å². The molecule has 7 heteroatoms. The summed E-state index contributed by atoms with van der Waals surface area (Å²) in [5.74, 6) is -0.0379. The molecule has 1 atom stereocenters. The average Bonchev–Trinajstić information content (AvgIpc) is 2.67. The van der Waals surface area contributed by atoms with E-state index in [0.717, 1.165) is 5.56 Å². The maximum absolute atomic E-state index is 12.7. The number of hydrogen-bond donors (Lipinski definition) is 1. The highest BCUT2D eigenvalue weighted by Crippen LogP contribution is 2.34. The van der Waals surface area contributed by atoms with Crippen molar-refractivity contribution in [3.63, 3.8) is 0 Å². The van der Waals surface area contributed by atoms with Crippen LogP contribution in [0.5, 0.6) is 0 Å². The molecule has 0 amide bonds. The zero-order chi connectivity index (χ0) is 19.0. The van der Waals surface area contributed by atoms with E-state index < -0.39 is 11.2 Å². The van der Waals surface area contributed by atoms with Crippen molar-refractivity contribution in [2.45, 2.75) is 25.3 Å². The first-order valence-electron chi connectivity index (χ1n) is 8.82. The number of hydrogen-bond acceptors (Lipinski definition) is 5. The fourth-order valence-electron chi connectivity index (χ4n) is 3.76. The van der Waals surface area contributed by atoms with E-state index in [2.05, 4.69) is 9.97 Å². The first kappa shape index (κ1) is 17.4. The van der Waals surface area contributed by atoms with Crippen molar-refractivity contribution in [3.8, 4) is 0 Å². The van der Waals surface area contributed by atoms with Gasteiger partial charge in [-0.1, -0.05) is 30.3 Å². The molecule has 27 heavy (non-hydrogen) atoms. The normalized spacial score (nSPS) is 16.5. The number of rotatable bonds is 4. The number of carbonyl (C=O) groups excluding carboxylic acids is 1. The maximum Gasteiger partial charge on any atom is 0.330 e. The number of H-pyrrole nitrogens is 1. The summed E-state index contributed by atoms with van der Waals surface area (Å²) in [6.45, 7) is 0.579. The fraction of sp³-hybridized carbons (Fsp3) is 0.300. The molecule has 0 radical (unpaired) electrons. The van der Waals surface area contributed by atoms with Crippen LogP contribution >= 0.6 is 0 Å². The van der Waals surface area contributed by atoms with Crippen LogP contribution in [0.4, 0.5) is 0 Å². The lowest BCUT2D eigenvalue weighted by molar-refractivity contribution is 0.0964. The summed E-state index contributed by atoms with van der Waals surface area (Å²) < 4.78 is 6.44. The molecular weight excluding hydrogens is 346 g/mol. The number of nitrogens with zero attached hydrogens (tertiary/aromatic N) is 2. The zero-order valence-corrected chi connectivity index (χ0v) is 14.9. The van der Waals surface area contributed by atoms with Gasteiger partial charge in [-0.25, -0.2) is 9.78 Å². The molecule has 3 aromatic rings. The summed E-state index contributed by atoms with van der Waals surface area (Å²) in [5.41, 5.74) is 1.45. The second-order valence-electron chi connectivity index (χ2n) is 6.69. The van der Waals surface area contributed by atoms with Crippen molar-refractivity contribution >= 4 is 16.8 Å². The second-order valence-corrected chi connectivity index (χ2v) is 6.69. The molecular formula is C20H19N3O4. The van der Waals surface area contributed by atoms with Gasteiger partial charge in [0.25, 0.3) is 5.56 Å². The third-order valence-corrected chi connectivity index (χ3v) is 5.09. The van der Waals surface area contributed by atoms with Crippen molar-refractivity contribution in [2.75, 3.05) is 13.7 Å². The molecule has 138 valence electrons. The van der Waals surface area contributed by atoms with Crippen molar-refractivity contribution in [1.29, 1.82) is 0 Å². The van der Waals surface area contributed by atoms with Crippen molar-refractivity contribution < 1.29 is 9.53 Å². The van der Waals surface area contributed by atoms with Crippen LogP contribution in [0.15, 0.2) is 46.1 Å². The Balaban J connectivity index is 1.92. The Morgan fingerprint density at radius 2 is 1.96 bits per heavy atom. The monoisotopic (exact) mass is 365 g/mol. The third kappa shape index (κ3) is 3.00. The number of methoxy groups -OCH3 is 1. The van der Waals surface area contributed by atoms with Gasteiger partial charge in [0.2, 0.25) is 0 Å². The maximum atomic E-state index is 12.7. The van der Waals surface area contributed by atoms with E-state index in [0.29, 0.717) is 41.6 Å². The third-order valence-electron chi connectivity index (χ3n) is 5.09. The molecule has 0 bridgehead atoms. The van der Waals surface area contributed by atoms with Gasteiger partial charge in [0.1, 0.15) is 5.65 Å². The number of ether oxygens (including phenoxy) is 1. The number of fused-ring (bicyclic) bond motifs is 3. The Labute approximate surface area is 154 Å². The SMILES string of the molecule is COCCn1c(=O)[nH]c(=O)c2c3c(cnc21)C(=O)C[C@H](c1ccccc1)C3. The van der Waals surface area contributed by atoms with E-state index in [4.69, 9.17) is 4.74 Å². The highest BCUT2D eigenvalue weighted by atomic mass is 16.5. The molecule has 1 aliphatic rings. The zero-order valence-electron chi connectivity index (χ0n) is 14.9. The van der Waals surface area contributed by atoms with Gasteiger partial charge < -0.3 is 4.74 Å². The lowest BCUT2D eigenvalue weighted by atomic mass is 9.79. The highest BCUT2D eigenvalue weighted by Gasteiger charge is 2.29. The number of pyridine rings is 1. The Hall–Kier alpha value is -3.06. The van der Waals surface area contributed by atoms with Crippen molar-refractivity contribution in [1.82, 2.24) is 14.5 Å². The van der Waals surface area contributed by atoms with Gasteiger partial charge in [-0.2, -0.15) is 0 Å². The standard InChI is InChI=1S/C20H19N3O4/c1-27-8-7-23-18-17(19(25)22-20(23)26)14-9-13(12-5-3-2-4-6-12)10-16(24)15(14)11-21-18/h2-6,11,13H,7-10H2,1H3,(H,22,25,26)/t13-/m1/s1. The smallest absolute Gasteiger partial charge is 0.330 e. The first-order chi connectivity index (χ1) is 13.1. The van der Waals surface area contributed by atoms with Crippen LogP contribution in [-0.2, 0) is 17.7 Å². The van der Waals surface area contributed by atoms with Crippen molar-refractivity contribution in [2.24, 2.45) is 0 Å². The van der Waals surface area contributed by atoms with E-state index in [9.17, 15) is 14.4 Å². The Kier molecular flexibility index (Phi) is 4.45. The minimum atomic E-state index is -0.529. The van der Waals surface area contributed by atoms with Gasteiger partial charge in [-0.15, -0.1) is 0 Å². The molecule has 0 spiro atoms. The van der Waals surface area contributed by atoms with Gasteiger partial charge >= 0.3 is 5.69 Å². The van der Waals surface area contributed by atoms with Gasteiger partial charge in [0, 0.05) is 25.3 Å². The Morgan fingerprint density at radius 3 is 2.70 bits per heavy atom. The van der Waals surface area contributed by atoms with Gasteiger partial charge in [0.05, 0.1) is 18.5 Å². The number of nitrogens with one attached hydrogen (secondary N) is 1. The van der Waals surface area contributed by atoms with E-state index in [-0.39, 0.29) is 18.2 Å². The summed E-state index contributed by atoms with van der Waals surface area (Å²) in [7, 11) is 1.54. The molecule has 1 aliphatic carbocycles. The van der Waals surface area contributed by atoms with Crippen LogP contribution in [0.3, 0.4) is 0 Å². The molecule has 0 saturated carbocycles. The molecule has 4 rings (SSSR count). The summed E-state index contributed by atoms with van der Waals surface area (Å²) in [6, 6.07) is 9.79. The average molecular weight is 365 g/mol. The van der Waals surface area contributed by atoms with E-state index in [1.807, 2.05) is 30.3 Å². The summed E-state index contributed by atoms with van der Waals surface area (Å²) in [4.78, 5) is 44.2. The van der Waals surface area contributed by atoms with Gasteiger partial charge in [-0.3, -0.25) is 19.1 Å². The minimum absolute atomic E-state index is 0.00412. The number of benzene rings is 1. The minimum Gasteiger partial charge on any atom is -0.383 e. The van der Waals surface area contributed by atoms with Crippen LogP contribution in [0.2, 0.25) is 0 Å². The van der Waals surface area contributed by atoms with Gasteiger partial charge in [0.15, 0.2) is 5.78 Å². The topological polar surface area (TPSA) is 94.1 Å². The lowest BCUT2D eigenvalue weighted by Gasteiger charge is -2.25. The largest absolute Gasteiger partial charge is 0.383 e. The Morgan fingerprint density at radius 1 is 1.19 bits per heavy atom. The molecule has 0 saturated heterocycles. The quantitative estimate of drug-likeness (QED) is 0.759. The number of aromatic amines is 1. The number of ketones is 1. The van der Waals surface area contributed by atoms with Crippen LogP contribution in [0, 0.1) is 0 Å². The van der Waals surface area contributed by atoms with Crippen LogP contribution in [0.1, 0.15) is 33.8 Å². The van der Waals surface area contributed by atoms with Gasteiger partial charge in [-0.05, 0) is 23.5 Å². The predicted octanol–water partition coefficient (Wildman–Crippen LogP) is 1.64. The van der Waals surface area contributed by atoms with Crippen LogP contribution in [-0.4, -0.2) is 34.0 Å². The van der Waals surface area contributed by atoms with Crippen molar-refractivity contribution in [3.05, 3.63) is 74.1 Å². The molecule has 1 aromatic carbocycles. The summed E-state index contributed by atoms with van der Waals surface area (Å²) in [6.07, 6.45) is 2.42. The molecule has 0 fully saturated rings. The fourth-order valence-corrected chi connectivity index (χ4v) is 3.76. The summed E-state index contributed by atoms with van der Waals surface area (Å²) in [5, 5.41) is 0.317. The van der Waals surface area contributed by atoms with E-state index in [1.165, 1.54) is 17.9 Å². The molecule has 1 N–H and O–H groups in total. The molecule has 0 unspecified atom stereocenters. The number of carbonyl (C=O) groups is 1. The Bertz CT molecular complexity index is 1130. The summed E-state index contributed by atoms with van der Waals surface area (Å²) >= 11 is 0. The van der Waals surface area contributed by atoms with Crippen LogP contribution < -0.4 is 11.2 Å². The number of aromatic nitrogens is 3.